The average molecular weight is 309 g/mol. The third kappa shape index (κ3) is 3.59. The molecule has 1 amide bonds. The number of benzene rings is 1. The largest absolute Gasteiger partial charge is 0.336 e. The highest BCUT2D eigenvalue weighted by Gasteiger charge is 2.25. The Hall–Kier alpha value is -2.20. The third-order valence-corrected chi connectivity index (χ3v) is 4.18. The molecule has 0 aliphatic carbocycles. The van der Waals surface area contributed by atoms with E-state index in [1.807, 2.05) is 48.5 Å². The first kappa shape index (κ1) is 15.7. The van der Waals surface area contributed by atoms with Crippen LogP contribution in [0.15, 0.2) is 42.7 Å². The number of nitrogens with one attached hydrogen (secondary N) is 1. The number of piperazine rings is 1. The topological polar surface area (TPSA) is 45.2 Å². The van der Waals surface area contributed by atoms with E-state index in [9.17, 15) is 4.79 Å². The zero-order valence-corrected chi connectivity index (χ0v) is 13.9. The zero-order chi connectivity index (χ0) is 16.4. The number of aryl methyl sites for hydroxylation is 1. The number of rotatable bonds is 2. The zero-order valence-electron chi connectivity index (χ0n) is 13.9. The first-order valence-electron chi connectivity index (χ1n) is 8.10. The molecule has 1 aliphatic heterocycles. The van der Waals surface area contributed by atoms with Crippen molar-refractivity contribution in [1.29, 1.82) is 0 Å². The van der Waals surface area contributed by atoms with Crippen molar-refractivity contribution < 1.29 is 4.79 Å². The molecule has 0 spiro atoms. The molecule has 4 heteroatoms. The summed E-state index contributed by atoms with van der Waals surface area (Å²) in [4.78, 5) is 18.8. The minimum Gasteiger partial charge on any atom is -0.336 e. The van der Waals surface area contributed by atoms with Crippen molar-refractivity contribution in [3.05, 3.63) is 53.9 Å². The van der Waals surface area contributed by atoms with E-state index in [1.165, 1.54) is 0 Å². The summed E-state index contributed by atoms with van der Waals surface area (Å²) >= 11 is 0. The van der Waals surface area contributed by atoms with Gasteiger partial charge < -0.3 is 10.2 Å². The van der Waals surface area contributed by atoms with Crippen LogP contribution in [-0.4, -0.2) is 41.0 Å². The molecule has 2 heterocycles. The van der Waals surface area contributed by atoms with E-state index in [0.717, 1.165) is 35.3 Å². The number of hydrogen-bond acceptors (Lipinski definition) is 3. The van der Waals surface area contributed by atoms with Crippen LogP contribution >= 0.6 is 0 Å². The van der Waals surface area contributed by atoms with Gasteiger partial charge in [-0.3, -0.25) is 9.78 Å². The monoisotopic (exact) mass is 309 g/mol. The molecule has 0 bridgehead atoms. The normalized spacial score (nSPS) is 21.3. The second kappa shape index (κ2) is 6.50. The van der Waals surface area contributed by atoms with Crippen molar-refractivity contribution in [2.24, 2.45) is 0 Å². The number of aromatic nitrogens is 1. The van der Waals surface area contributed by atoms with Gasteiger partial charge in [-0.15, -0.1) is 0 Å². The summed E-state index contributed by atoms with van der Waals surface area (Å²) in [5.74, 6) is 0.110. The lowest BCUT2D eigenvalue weighted by molar-refractivity contribution is 0.0674. The molecule has 1 N–H and O–H groups in total. The molecule has 120 valence electrons. The van der Waals surface area contributed by atoms with Gasteiger partial charge in [0.25, 0.3) is 5.91 Å². The summed E-state index contributed by atoms with van der Waals surface area (Å²) in [5.41, 5.74) is 4.04. The number of pyridine rings is 1. The predicted octanol–water partition coefficient (Wildman–Crippen LogP) is 2.88. The van der Waals surface area contributed by atoms with Crippen molar-refractivity contribution in [2.75, 3.05) is 13.1 Å². The molecular formula is C19H23N3O. The molecule has 1 aliphatic rings. The van der Waals surface area contributed by atoms with E-state index in [-0.39, 0.29) is 5.91 Å². The molecule has 0 saturated carbocycles. The molecule has 2 atom stereocenters. The van der Waals surface area contributed by atoms with E-state index < -0.39 is 0 Å². The number of amides is 1. The number of nitrogens with zero attached hydrogens (tertiary/aromatic N) is 2. The van der Waals surface area contributed by atoms with E-state index in [1.54, 1.807) is 0 Å². The lowest BCUT2D eigenvalue weighted by atomic mass is 10.0. The maximum absolute atomic E-state index is 12.7. The maximum Gasteiger partial charge on any atom is 0.253 e. The lowest BCUT2D eigenvalue weighted by Crippen LogP contribution is -2.55. The van der Waals surface area contributed by atoms with Gasteiger partial charge in [0.1, 0.15) is 0 Å². The van der Waals surface area contributed by atoms with Crippen molar-refractivity contribution >= 4 is 5.91 Å². The Balaban J connectivity index is 1.78. The van der Waals surface area contributed by atoms with Gasteiger partial charge in [-0.2, -0.15) is 0 Å². The molecule has 0 radical (unpaired) electrons. The fourth-order valence-electron chi connectivity index (χ4n) is 3.19. The fourth-order valence-corrected chi connectivity index (χ4v) is 3.19. The fraction of sp³-hybridized carbons (Fsp3) is 0.368. The number of carbonyl (C=O) groups excluding carboxylic acids is 1. The molecular weight excluding hydrogens is 286 g/mol. The summed E-state index contributed by atoms with van der Waals surface area (Å²) in [5, 5.41) is 3.45. The average Bonchev–Trinajstić information content (AvgIpc) is 2.53. The van der Waals surface area contributed by atoms with Crippen molar-refractivity contribution in [3.63, 3.8) is 0 Å². The van der Waals surface area contributed by atoms with Gasteiger partial charge in [-0.05, 0) is 50.1 Å². The van der Waals surface area contributed by atoms with Crippen molar-refractivity contribution in [1.82, 2.24) is 15.2 Å². The van der Waals surface area contributed by atoms with E-state index in [2.05, 4.69) is 30.2 Å². The summed E-state index contributed by atoms with van der Waals surface area (Å²) in [7, 11) is 0. The predicted molar refractivity (Wildman–Crippen MR) is 92.4 cm³/mol. The summed E-state index contributed by atoms with van der Waals surface area (Å²) in [6.07, 6.45) is 3.69. The summed E-state index contributed by atoms with van der Waals surface area (Å²) < 4.78 is 0. The Kier molecular flexibility index (Phi) is 4.44. The Morgan fingerprint density at radius 2 is 1.74 bits per heavy atom. The van der Waals surface area contributed by atoms with E-state index in [4.69, 9.17) is 0 Å². The summed E-state index contributed by atoms with van der Waals surface area (Å²) in [6.45, 7) is 7.77. The van der Waals surface area contributed by atoms with Gasteiger partial charge in [0.05, 0.1) is 0 Å². The molecule has 1 aromatic heterocycles. The summed E-state index contributed by atoms with van der Waals surface area (Å²) in [6, 6.07) is 10.6. The van der Waals surface area contributed by atoms with Crippen LogP contribution in [0.5, 0.6) is 0 Å². The molecule has 1 aromatic carbocycles. The van der Waals surface area contributed by atoms with Crippen LogP contribution in [0.2, 0.25) is 0 Å². The Morgan fingerprint density at radius 3 is 2.35 bits per heavy atom. The Morgan fingerprint density at radius 1 is 1.09 bits per heavy atom. The number of carbonyl (C=O) groups is 1. The van der Waals surface area contributed by atoms with Gasteiger partial charge in [-0.1, -0.05) is 12.1 Å². The molecule has 1 saturated heterocycles. The van der Waals surface area contributed by atoms with Gasteiger partial charge in [0.2, 0.25) is 0 Å². The minimum atomic E-state index is 0.110. The molecule has 3 rings (SSSR count). The van der Waals surface area contributed by atoms with Gasteiger partial charge in [-0.25, -0.2) is 0 Å². The van der Waals surface area contributed by atoms with Gasteiger partial charge in [0, 0.05) is 48.7 Å². The van der Waals surface area contributed by atoms with Crippen molar-refractivity contribution in [2.45, 2.75) is 32.9 Å². The Labute approximate surface area is 137 Å². The highest BCUT2D eigenvalue weighted by Crippen LogP contribution is 2.20. The van der Waals surface area contributed by atoms with Crippen LogP contribution in [0, 0.1) is 6.92 Å². The second-order valence-electron chi connectivity index (χ2n) is 6.51. The van der Waals surface area contributed by atoms with Crippen LogP contribution in [0.4, 0.5) is 0 Å². The lowest BCUT2D eigenvalue weighted by Gasteiger charge is -2.36. The van der Waals surface area contributed by atoms with Crippen LogP contribution in [-0.2, 0) is 0 Å². The third-order valence-electron chi connectivity index (χ3n) is 4.18. The van der Waals surface area contributed by atoms with Crippen LogP contribution < -0.4 is 5.32 Å². The quantitative estimate of drug-likeness (QED) is 0.928. The van der Waals surface area contributed by atoms with Crippen LogP contribution in [0.3, 0.4) is 0 Å². The molecule has 4 nitrogen and oxygen atoms in total. The standard InChI is InChI=1S/C19H23N3O/c1-13-8-18(10-20-9-13)16-4-6-17(7-5-16)19(23)22-11-14(2)21-15(3)12-22/h4-10,14-15,21H,11-12H2,1-3H3. The minimum absolute atomic E-state index is 0.110. The maximum atomic E-state index is 12.7. The highest BCUT2D eigenvalue weighted by atomic mass is 16.2. The smallest absolute Gasteiger partial charge is 0.253 e. The number of hydrogen-bond donors (Lipinski definition) is 1. The van der Waals surface area contributed by atoms with Gasteiger partial charge >= 0.3 is 0 Å². The molecule has 1 fully saturated rings. The SMILES string of the molecule is Cc1cncc(-c2ccc(C(=O)N3CC(C)NC(C)C3)cc2)c1. The second-order valence-corrected chi connectivity index (χ2v) is 6.51. The highest BCUT2D eigenvalue weighted by molar-refractivity contribution is 5.94. The molecule has 23 heavy (non-hydrogen) atoms. The first-order chi connectivity index (χ1) is 11.0. The molecule has 2 unspecified atom stereocenters. The molecule has 2 aromatic rings. The van der Waals surface area contributed by atoms with Crippen LogP contribution in [0.1, 0.15) is 29.8 Å². The van der Waals surface area contributed by atoms with Gasteiger partial charge in [0.15, 0.2) is 0 Å². The van der Waals surface area contributed by atoms with E-state index >= 15 is 0 Å². The van der Waals surface area contributed by atoms with Crippen molar-refractivity contribution in [3.8, 4) is 11.1 Å². The first-order valence-corrected chi connectivity index (χ1v) is 8.10. The van der Waals surface area contributed by atoms with Crippen LogP contribution in [0.25, 0.3) is 11.1 Å². The Bertz CT molecular complexity index is 686. The van der Waals surface area contributed by atoms with E-state index in [0.29, 0.717) is 12.1 Å².